The first-order valence-electron chi connectivity index (χ1n) is 7.32. The number of nitrogens with two attached hydrogens (primary N) is 1. The summed E-state index contributed by atoms with van der Waals surface area (Å²) in [7, 11) is 0. The van der Waals surface area contributed by atoms with Crippen LogP contribution in [0.15, 0.2) is 24.3 Å². The second-order valence-corrected chi connectivity index (χ2v) is 5.63. The lowest BCUT2D eigenvalue weighted by atomic mass is 9.90. The molecule has 1 aromatic heterocycles. The van der Waals surface area contributed by atoms with Gasteiger partial charge in [0.2, 0.25) is 0 Å². The predicted molar refractivity (Wildman–Crippen MR) is 72.8 cm³/mol. The van der Waals surface area contributed by atoms with Gasteiger partial charge < -0.3 is 10.1 Å². The third kappa shape index (κ3) is 1.86. The highest BCUT2D eigenvalue weighted by Crippen LogP contribution is 2.36. The molecule has 0 aliphatic carbocycles. The molecule has 4 rings (SSSR count). The van der Waals surface area contributed by atoms with Gasteiger partial charge in [-0.2, -0.15) is 5.10 Å². The smallest absolute Gasteiger partial charge is 0.108 e. The minimum atomic E-state index is 0.234. The fourth-order valence-corrected chi connectivity index (χ4v) is 3.52. The number of ether oxygens (including phenoxy) is 1. The molecule has 2 atom stereocenters. The van der Waals surface area contributed by atoms with Crippen molar-refractivity contribution in [2.24, 2.45) is 5.92 Å². The largest absolute Gasteiger partial charge is 0.369 e. The van der Waals surface area contributed by atoms with E-state index in [0.29, 0.717) is 5.92 Å². The Morgan fingerprint density at radius 1 is 1.32 bits per heavy atom. The number of fused-ring (bicyclic) bond motifs is 3. The number of benzene rings is 1. The third-order valence-corrected chi connectivity index (χ3v) is 4.44. The van der Waals surface area contributed by atoms with E-state index in [9.17, 15) is 0 Å². The van der Waals surface area contributed by atoms with Crippen molar-refractivity contribution in [3.8, 4) is 0 Å². The maximum Gasteiger partial charge on any atom is 0.108 e. The zero-order valence-electron chi connectivity index (χ0n) is 11.1. The Hall–Kier alpha value is -1.39. The van der Waals surface area contributed by atoms with Gasteiger partial charge in [0.25, 0.3) is 0 Å². The molecule has 2 aliphatic rings. The summed E-state index contributed by atoms with van der Waals surface area (Å²) in [5, 5.41) is 8.43. The van der Waals surface area contributed by atoms with Crippen molar-refractivity contribution < 1.29 is 10.1 Å². The number of quaternary nitrogens is 1. The van der Waals surface area contributed by atoms with Crippen LogP contribution in [0, 0.1) is 5.92 Å². The molecule has 2 aliphatic heterocycles. The highest BCUT2D eigenvalue weighted by molar-refractivity contribution is 5.82. The molecule has 0 saturated carbocycles. The summed E-state index contributed by atoms with van der Waals surface area (Å²) in [4.78, 5) is 0. The molecule has 0 spiro atoms. The summed E-state index contributed by atoms with van der Waals surface area (Å²) >= 11 is 0. The second kappa shape index (κ2) is 4.62. The van der Waals surface area contributed by atoms with Gasteiger partial charge in [-0.05, 0) is 18.9 Å². The minimum Gasteiger partial charge on any atom is -0.369 e. The average molecular weight is 258 g/mol. The van der Waals surface area contributed by atoms with E-state index >= 15 is 0 Å². The molecule has 2 aromatic rings. The molecule has 2 N–H and O–H groups in total. The van der Waals surface area contributed by atoms with Gasteiger partial charge in [0, 0.05) is 11.3 Å². The number of aromatic nitrogens is 2. The normalized spacial score (nSPS) is 27.4. The van der Waals surface area contributed by atoms with Crippen molar-refractivity contribution in [2.45, 2.75) is 25.5 Å². The topological polar surface area (TPSA) is 43.7 Å². The Bertz CT molecular complexity index is 586. The van der Waals surface area contributed by atoms with Crippen molar-refractivity contribution in [3.63, 3.8) is 0 Å². The van der Waals surface area contributed by atoms with Crippen molar-refractivity contribution in [1.82, 2.24) is 9.78 Å². The van der Waals surface area contributed by atoms with Gasteiger partial charge in [-0.15, -0.1) is 0 Å². The molecule has 0 amide bonds. The van der Waals surface area contributed by atoms with Crippen LogP contribution in [0.25, 0.3) is 10.9 Å². The lowest BCUT2D eigenvalue weighted by Crippen LogP contribution is -2.87. The summed E-state index contributed by atoms with van der Waals surface area (Å²) < 4.78 is 8.30. The second-order valence-electron chi connectivity index (χ2n) is 5.63. The van der Waals surface area contributed by atoms with Gasteiger partial charge in [-0.3, -0.25) is 4.68 Å². The lowest BCUT2D eigenvalue weighted by Gasteiger charge is -2.32. The van der Waals surface area contributed by atoms with E-state index in [1.54, 1.807) is 0 Å². The summed E-state index contributed by atoms with van der Waals surface area (Å²) in [6.07, 6.45) is 2.81. The van der Waals surface area contributed by atoms with E-state index in [1.807, 2.05) is 0 Å². The maximum atomic E-state index is 6.13. The van der Waals surface area contributed by atoms with Gasteiger partial charge >= 0.3 is 0 Å². The molecule has 4 nitrogen and oxygen atoms in total. The molecule has 100 valence electrons. The van der Waals surface area contributed by atoms with Crippen LogP contribution in [0.4, 0.5) is 0 Å². The quantitative estimate of drug-likeness (QED) is 0.832. The number of hydrogen-bond donors (Lipinski definition) is 1. The van der Waals surface area contributed by atoms with Gasteiger partial charge in [-0.1, -0.05) is 18.2 Å². The van der Waals surface area contributed by atoms with E-state index in [1.165, 1.54) is 37.0 Å². The molecule has 1 saturated heterocycles. The summed E-state index contributed by atoms with van der Waals surface area (Å²) in [6, 6.07) is 8.45. The van der Waals surface area contributed by atoms with E-state index < -0.39 is 0 Å². The Morgan fingerprint density at radius 3 is 3.16 bits per heavy atom. The molecule has 1 aromatic carbocycles. The number of nitrogens with zero attached hydrogens (tertiary/aromatic N) is 2. The Balaban J connectivity index is 1.80. The van der Waals surface area contributed by atoms with Crippen LogP contribution in [0.5, 0.6) is 0 Å². The number of piperidine rings is 1. The van der Waals surface area contributed by atoms with Crippen LogP contribution in [0.2, 0.25) is 0 Å². The third-order valence-electron chi connectivity index (χ3n) is 4.44. The number of hydrogen-bond acceptors (Lipinski definition) is 2. The van der Waals surface area contributed by atoms with Crippen LogP contribution < -0.4 is 5.32 Å². The van der Waals surface area contributed by atoms with E-state index in [4.69, 9.17) is 9.84 Å². The first-order chi connectivity index (χ1) is 9.43. The van der Waals surface area contributed by atoms with Crippen LogP contribution >= 0.6 is 0 Å². The zero-order chi connectivity index (χ0) is 12.7. The molecule has 0 radical (unpaired) electrons. The first kappa shape index (κ1) is 11.4. The van der Waals surface area contributed by atoms with Gasteiger partial charge in [-0.25, -0.2) is 0 Å². The van der Waals surface area contributed by atoms with Gasteiger partial charge in [0.15, 0.2) is 0 Å². The van der Waals surface area contributed by atoms with Crippen LogP contribution in [-0.4, -0.2) is 29.5 Å². The minimum absolute atomic E-state index is 0.234. The summed E-state index contributed by atoms with van der Waals surface area (Å²) in [6.45, 7) is 4.13. The standard InChI is InChI=1S/C15H19N3O/c1-2-6-13-12(5-1)14-15(11-4-3-7-16-10-11)19-9-8-18(14)17-13/h1-2,5-6,11,15-16H,3-4,7-10H2/p+1/t11-,15?/m0/s1. The molecule has 3 heterocycles. The zero-order valence-corrected chi connectivity index (χ0v) is 11.1. The molecule has 4 heteroatoms. The molecule has 1 fully saturated rings. The Kier molecular flexibility index (Phi) is 2.78. The Labute approximate surface area is 112 Å². The molecule has 19 heavy (non-hydrogen) atoms. The molecule has 0 bridgehead atoms. The van der Waals surface area contributed by atoms with Crippen LogP contribution in [-0.2, 0) is 11.3 Å². The number of rotatable bonds is 1. The SMILES string of the molecule is c1ccc2c3n(nc2c1)CCOC3[C@H]1CCC[NH2+]C1. The van der Waals surface area contributed by atoms with Gasteiger partial charge in [0.1, 0.15) is 6.10 Å². The van der Waals surface area contributed by atoms with Crippen LogP contribution in [0.3, 0.4) is 0 Å². The van der Waals surface area contributed by atoms with Crippen molar-refractivity contribution in [2.75, 3.05) is 19.7 Å². The maximum absolute atomic E-state index is 6.13. The lowest BCUT2D eigenvalue weighted by molar-refractivity contribution is -0.670. The molecule has 1 unspecified atom stereocenters. The Morgan fingerprint density at radius 2 is 2.26 bits per heavy atom. The predicted octanol–water partition coefficient (Wildman–Crippen LogP) is 1.08. The summed E-state index contributed by atoms with van der Waals surface area (Å²) in [5.74, 6) is 0.632. The molecular formula is C15H20N3O+. The van der Waals surface area contributed by atoms with Crippen LogP contribution in [0.1, 0.15) is 24.6 Å². The molecular weight excluding hydrogens is 238 g/mol. The highest BCUT2D eigenvalue weighted by atomic mass is 16.5. The van der Waals surface area contributed by atoms with Gasteiger partial charge in [0.05, 0.1) is 37.5 Å². The first-order valence-corrected chi connectivity index (χ1v) is 7.32. The monoisotopic (exact) mass is 258 g/mol. The van der Waals surface area contributed by atoms with Crippen molar-refractivity contribution >= 4 is 10.9 Å². The van der Waals surface area contributed by atoms with Crippen molar-refractivity contribution in [3.05, 3.63) is 30.0 Å². The van der Waals surface area contributed by atoms with E-state index in [2.05, 4.69) is 34.3 Å². The van der Waals surface area contributed by atoms with E-state index in [-0.39, 0.29) is 6.10 Å². The fraction of sp³-hybridized carbons (Fsp3) is 0.533. The van der Waals surface area contributed by atoms with Crippen molar-refractivity contribution in [1.29, 1.82) is 0 Å². The average Bonchev–Trinajstić information content (AvgIpc) is 2.86. The highest BCUT2D eigenvalue weighted by Gasteiger charge is 2.34. The summed E-state index contributed by atoms with van der Waals surface area (Å²) in [5.41, 5.74) is 2.41. The van der Waals surface area contributed by atoms with E-state index in [0.717, 1.165) is 18.7 Å². The fourth-order valence-electron chi connectivity index (χ4n) is 3.52.